The molecule has 1 aliphatic rings. The lowest BCUT2D eigenvalue weighted by Gasteiger charge is -2.13. The molecule has 74 valence electrons. The summed E-state index contributed by atoms with van der Waals surface area (Å²) in [5.41, 5.74) is 1.43. The molecule has 14 heavy (non-hydrogen) atoms. The zero-order valence-electron chi connectivity index (χ0n) is 8.60. The Morgan fingerprint density at radius 2 is 1.93 bits per heavy atom. The minimum Gasteiger partial charge on any atom is -0.372 e. The standard InChI is InChI=1S/C12H15NS/c1-13(2)12(14)11-8-10(11)9-6-4-3-5-7-9/h3-7,10-11H,8H2,1-2H3/t10-,11-/m1/s1. The molecule has 0 amide bonds. The fourth-order valence-electron chi connectivity index (χ4n) is 1.87. The second-order valence-corrected chi connectivity index (χ2v) is 4.51. The molecule has 0 aromatic heterocycles. The summed E-state index contributed by atoms with van der Waals surface area (Å²) in [6, 6.07) is 10.7. The zero-order chi connectivity index (χ0) is 10.1. The molecule has 1 aromatic rings. The fourth-order valence-corrected chi connectivity index (χ4v) is 2.13. The average molecular weight is 205 g/mol. The number of rotatable bonds is 2. The Balaban J connectivity index is 2.03. The van der Waals surface area contributed by atoms with Gasteiger partial charge in [-0.25, -0.2) is 0 Å². The monoisotopic (exact) mass is 205 g/mol. The van der Waals surface area contributed by atoms with Gasteiger partial charge in [0.05, 0.1) is 4.99 Å². The lowest BCUT2D eigenvalue weighted by molar-refractivity contribution is 0.611. The first-order chi connectivity index (χ1) is 6.70. The smallest absolute Gasteiger partial charge is 0.0811 e. The Bertz CT molecular complexity index is 331. The number of hydrogen-bond donors (Lipinski definition) is 0. The Kier molecular flexibility index (Phi) is 2.55. The van der Waals surface area contributed by atoms with Crippen molar-refractivity contribution in [2.75, 3.05) is 14.1 Å². The molecule has 0 unspecified atom stereocenters. The van der Waals surface area contributed by atoms with Crippen molar-refractivity contribution in [3.8, 4) is 0 Å². The Morgan fingerprint density at radius 3 is 2.50 bits per heavy atom. The lowest BCUT2D eigenvalue weighted by Crippen LogP contribution is -2.21. The van der Waals surface area contributed by atoms with E-state index < -0.39 is 0 Å². The first kappa shape index (κ1) is 9.66. The van der Waals surface area contributed by atoms with Gasteiger partial charge in [-0.15, -0.1) is 0 Å². The summed E-state index contributed by atoms with van der Waals surface area (Å²) in [6.45, 7) is 0. The van der Waals surface area contributed by atoms with Crippen LogP contribution in [0.3, 0.4) is 0 Å². The molecule has 1 saturated carbocycles. The van der Waals surface area contributed by atoms with Crippen molar-refractivity contribution in [2.24, 2.45) is 5.92 Å². The third kappa shape index (κ3) is 1.80. The van der Waals surface area contributed by atoms with Crippen molar-refractivity contribution in [3.63, 3.8) is 0 Å². The molecular formula is C12H15NS. The van der Waals surface area contributed by atoms with Gasteiger partial charge in [-0.05, 0) is 17.9 Å². The Hall–Kier alpha value is -0.890. The molecule has 0 N–H and O–H groups in total. The Morgan fingerprint density at radius 1 is 1.29 bits per heavy atom. The van der Waals surface area contributed by atoms with Crippen LogP contribution >= 0.6 is 12.2 Å². The third-order valence-corrected chi connectivity index (χ3v) is 3.44. The molecule has 0 radical (unpaired) electrons. The highest BCUT2D eigenvalue weighted by atomic mass is 32.1. The average Bonchev–Trinajstić information content (AvgIpc) is 2.97. The second kappa shape index (κ2) is 3.70. The molecular weight excluding hydrogens is 190 g/mol. The summed E-state index contributed by atoms with van der Waals surface area (Å²) in [5.74, 6) is 1.27. The Labute approximate surface area is 90.7 Å². The maximum Gasteiger partial charge on any atom is 0.0811 e. The molecule has 2 atom stereocenters. The van der Waals surface area contributed by atoms with Crippen LogP contribution in [-0.4, -0.2) is 24.0 Å². The highest BCUT2D eigenvalue weighted by molar-refractivity contribution is 7.80. The van der Waals surface area contributed by atoms with Crippen molar-refractivity contribution in [2.45, 2.75) is 12.3 Å². The quantitative estimate of drug-likeness (QED) is 0.683. The van der Waals surface area contributed by atoms with E-state index >= 15 is 0 Å². The molecule has 2 rings (SSSR count). The number of nitrogens with zero attached hydrogens (tertiary/aromatic N) is 1. The third-order valence-electron chi connectivity index (χ3n) is 2.78. The summed E-state index contributed by atoms with van der Waals surface area (Å²) in [6.07, 6.45) is 1.22. The topological polar surface area (TPSA) is 3.24 Å². The summed E-state index contributed by atoms with van der Waals surface area (Å²) < 4.78 is 0. The van der Waals surface area contributed by atoms with Gasteiger partial charge in [-0.2, -0.15) is 0 Å². The highest BCUT2D eigenvalue weighted by Crippen LogP contribution is 2.48. The van der Waals surface area contributed by atoms with Crippen LogP contribution in [0.25, 0.3) is 0 Å². The van der Waals surface area contributed by atoms with Gasteiger partial charge in [-0.1, -0.05) is 42.5 Å². The van der Waals surface area contributed by atoms with E-state index in [1.807, 2.05) is 14.1 Å². The molecule has 0 aliphatic heterocycles. The maximum absolute atomic E-state index is 5.37. The molecule has 1 fully saturated rings. The molecule has 1 aromatic carbocycles. The summed E-state index contributed by atoms with van der Waals surface area (Å²) in [5, 5.41) is 0. The van der Waals surface area contributed by atoms with Crippen molar-refractivity contribution in [3.05, 3.63) is 35.9 Å². The van der Waals surface area contributed by atoms with E-state index in [4.69, 9.17) is 12.2 Å². The van der Waals surface area contributed by atoms with Crippen molar-refractivity contribution >= 4 is 17.2 Å². The van der Waals surface area contributed by atoms with E-state index in [1.54, 1.807) is 0 Å². The van der Waals surface area contributed by atoms with Gasteiger partial charge in [0.1, 0.15) is 0 Å². The van der Waals surface area contributed by atoms with Gasteiger partial charge in [0.15, 0.2) is 0 Å². The van der Waals surface area contributed by atoms with Gasteiger partial charge in [-0.3, -0.25) is 0 Å². The van der Waals surface area contributed by atoms with Crippen LogP contribution < -0.4 is 0 Å². The van der Waals surface area contributed by atoms with Gasteiger partial charge < -0.3 is 4.90 Å². The van der Waals surface area contributed by atoms with Crippen molar-refractivity contribution in [1.29, 1.82) is 0 Å². The van der Waals surface area contributed by atoms with Crippen LogP contribution in [0.4, 0.5) is 0 Å². The largest absolute Gasteiger partial charge is 0.372 e. The zero-order valence-corrected chi connectivity index (χ0v) is 9.42. The van der Waals surface area contributed by atoms with Crippen molar-refractivity contribution < 1.29 is 0 Å². The molecule has 0 spiro atoms. The van der Waals surface area contributed by atoms with E-state index in [0.717, 1.165) is 4.99 Å². The second-order valence-electron chi connectivity index (χ2n) is 4.09. The number of thiocarbonyl (C=S) groups is 1. The van der Waals surface area contributed by atoms with Crippen LogP contribution in [0.15, 0.2) is 30.3 Å². The minimum atomic E-state index is 0.599. The molecule has 1 aliphatic carbocycles. The molecule has 0 saturated heterocycles. The number of hydrogen-bond acceptors (Lipinski definition) is 1. The van der Waals surface area contributed by atoms with Crippen LogP contribution in [0.1, 0.15) is 17.9 Å². The van der Waals surface area contributed by atoms with Gasteiger partial charge in [0.2, 0.25) is 0 Å². The highest BCUT2D eigenvalue weighted by Gasteiger charge is 2.41. The molecule has 1 nitrogen and oxygen atoms in total. The van der Waals surface area contributed by atoms with E-state index in [0.29, 0.717) is 11.8 Å². The van der Waals surface area contributed by atoms with E-state index in [9.17, 15) is 0 Å². The first-order valence-electron chi connectivity index (χ1n) is 4.96. The van der Waals surface area contributed by atoms with Gasteiger partial charge in [0, 0.05) is 20.0 Å². The van der Waals surface area contributed by atoms with Crippen molar-refractivity contribution in [1.82, 2.24) is 4.90 Å². The number of benzene rings is 1. The normalized spacial score (nSPS) is 24.4. The summed E-state index contributed by atoms with van der Waals surface area (Å²) in [4.78, 5) is 3.15. The van der Waals surface area contributed by atoms with E-state index in [2.05, 4.69) is 35.2 Å². The van der Waals surface area contributed by atoms with Gasteiger partial charge in [0.25, 0.3) is 0 Å². The lowest BCUT2D eigenvalue weighted by atomic mass is 10.1. The predicted octanol–water partition coefficient (Wildman–Crippen LogP) is 2.68. The predicted molar refractivity (Wildman–Crippen MR) is 63.6 cm³/mol. The summed E-state index contributed by atoms with van der Waals surface area (Å²) >= 11 is 5.37. The van der Waals surface area contributed by atoms with Crippen LogP contribution in [0, 0.1) is 5.92 Å². The van der Waals surface area contributed by atoms with E-state index in [1.165, 1.54) is 12.0 Å². The SMILES string of the molecule is CN(C)C(=S)[C@@H]1C[C@@H]1c1ccccc1. The summed E-state index contributed by atoms with van der Waals surface area (Å²) in [7, 11) is 4.06. The molecule has 0 heterocycles. The molecule has 0 bridgehead atoms. The van der Waals surface area contributed by atoms with Crippen LogP contribution in [0.5, 0.6) is 0 Å². The fraction of sp³-hybridized carbons (Fsp3) is 0.417. The van der Waals surface area contributed by atoms with Crippen LogP contribution in [0.2, 0.25) is 0 Å². The van der Waals surface area contributed by atoms with E-state index in [-0.39, 0.29) is 0 Å². The maximum atomic E-state index is 5.37. The van der Waals surface area contributed by atoms with Gasteiger partial charge >= 0.3 is 0 Å². The first-order valence-corrected chi connectivity index (χ1v) is 5.37. The van der Waals surface area contributed by atoms with Crippen LogP contribution in [-0.2, 0) is 0 Å². The molecule has 2 heteroatoms. The minimum absolute atomic E-state index is 0.599.